The molecule has 2 aromatic carbocycles. The van der Waals surface area contributed by atoms with Crippen LogP contribution < -0.4 is 5.32 Å². The fraction of sp³-hybridized carbons (Fsp3) is 0.364. The van der Waals surface area contributed by atoms with E-state index >= 15 is 0 Å². The Labute approximate surface area is 175 Å². The number of nitrogens with zero attached hydrogens (tertiary/aromatic N) is 1. The fourth-order valence-corrected chi connectivity index (χ4v) is 3.47. The van der Waals surface area contributed by atoms with Gasteiger partial charge in [-0.25, -0.2) is 9.18 Å². The van der Waals surface area contributed by atoms with Gasteiger partial charge in [0.25, 0.3) is 0 Å². The molecule has 0 radical (unpaired) electrons. The van der Waals surface area contributed by atoms with Crippen molar-refractivity contribution < 1.29 is 18.7 Å². The second kappa shape index (κ2) is 10.3. The van der Waals surface area contributed by atoms with Crippen LogP contribution in [0.3, 0.4) is 0 Å². The van der Waals surface area contributed by atoms with Crippen molar-refractivity contribution in [2.75, 3.05) is 25.1 Å². The number of esters is 1. The predicted octanol–water partition coefficient (Wildman–Crippen LogP) is 4.38. The van der Waals surface area contributed by atoms with Gasteiger partial charge in [0.15, 0.2) is 5.11 Å². The highest BCUT2D eigenvalue weighted by molar-refractivity contribution is 7.80. The Morgan fingerprint density at radius 1 is 1.31 bits per heavy atom. The second-order valence-corrected chi connectivity index (χ2v) is 7.26. The summed E-state index contributed by atoms with van der Waals surface area (Å²) < 4.78 is 24.4. The van der Waals surface area contributed by atoms with E-state index in [1.807, 2.05) is 11.0 Å². The number of halogens is 1. The monoisotopic (exact) mass is 416 g/mol. The van der Waals surface area contributed by atoms with Crippen molar-refractivity contribution in [1.82, 2.24) is 4.90 Å². The second-order valence-electron chi connectivity index (χ2n) is 6.87. The zero-order valence-electron chi connectivity index (χ0n) is 16.4. The maximum Gasteiger partial charge on any atom is 0.338 e. The minimum absolute atomic E-state index is 0.106. The molecule has 154 valence electrons. The Morgan fingerprint density at radius 3 is 2.76 bits per heavy atom. The summed E-state index contributed by atoms with van der Waals surface area (Å²) >= 11 is 5.62. The summed E-state index contributed by atoms with van der Waals surface area (Å²) in [6.07, 6.45) is 2.12. The maximum atomic E-state index is 13.6. The van der Waals surface area contributed by atoms with Gasteiger partial charge in [0.05, 0.1) is 18.3 Å². The van der Waals surface area contributed by atoms with Gasteiger partial charge in [0, 0.05) is 25.4 Å². The van der Waals surface area contributed by atoms with Crippen LogP contribution in [0.2, 0.25) is 0 Å². The van der Waals surface area contributed by atoms with Crippen molar-refractivity contribution in [3.63, 3.8) is 0 Å². The summed E-state index contributed by atoms with van der Waals surface area (Å²) in [5.74, 6) is -0.624. The average Bonchev–Trinajstić information content (AvgIpc) is 3.21. The van der Waals surface area contributed by atoms with Crippen molar-refractivity contribution in [2.24, 2.45) is 0 Å². The van der Waals surface area contributed by atoms with Gasteiger partial charge in [-0.15, -0.1) is 0 Å². The van der Waals surface area contributed by atoms with Crippen LogP contribution in [0.25, 0.3) is 0 Å². The van der Waals surface area contributed by atoms with Crippen LogP contribution in [0.15, 0.2) is 48.5 Å². The van der Waals surface area contributed by atoms with Crippen LogP contribution in [0, 0.1) is 5.82 Å². The number of rotatable bonds is 7. The molecule has 1 unspecified atom stereocenters. The third kappa shape index (κ3) is 6.24. The number of nitrogens with one attached hydrogen (secondary N) is 1. The molecule has 0 bridgehead atoms. The van der Waals surface area contributed by atoms with Crippen molar-refractivity contribution in [1.29, 1.82) is 0 Å². The van der Waals surface area contributed by atoms with Crippen LogP contribution >= 0.6 is 12.2 Å². The zero-order valence-corrected chi connectivity index (χ0v) is 17.2. The molecule has 29 heavy (non-hydrogen) atoms. The molecular formula is C22H25FN2O3S. The molecule has 1 atom stereocenters. The molecule has 1 saturated heterocycles. The first kappa shape index (κ1) is 21.2. The summed E-state index contributed by atoms with van der Waals surface area (Å²) in [6, 6.07) is 13.5. The Hall–Kier alpha value is -2.51. The molecular weight excluding hydrogens is 391 g/mol. The largest absolute Gasteiger partial charge is 0.462 e. The first-order valence-corrected chi connectivity index (χ1v) is 10.1. The van der Waals surface area contributed by atoms with E-state index in [0.717, 1.165) is 30.7 Å². The van der Waals surface area contributed by atoms with E-state index in [1.54, 1.807) is 37.3 Å². The smallest absolute Gasteiger partial charge is 0.338 e. The van der Waals surface area contributed by atoms with Gasteiger partial charge in [0.1, 0.15) is 5.82 Å². The van der Waals surface area contributed by atoms with E-state index in [-0.39, 0.29) is 17.9 Å². The Bertz CT molecular complexity index is 838. The Balaban J connectivity index is 1.68. The van der Waals surface area contributed by atoms with Gasteiger partial charge < -0.3 is 19.7 Å². The number of carbonyl (C=O) groups is 1. The van der Waals surface area contributed by atoms with E-state index in [0.29, 0.717) is 30.4 Å². The first-order valence-electron chi connectivity index (χ1n) is 9.74. The summed E-state index contributed by atoms with van der Waals surface area (Å²) in [6.45, 7) is 3.97. The van der Waals surface area contributed by atoms with E-state index < -0.39 is 0 Å². The van der Waals surface area contributed by atoms with Gasteiger partial charge in [-0.2, -0.15) is 0 Å². The maximum absolute atomic E-state index is 13.6. The van der Waals surface area contributed by atoms with Crippen LogP contribution in [0.5, 0.6) is 0 Å². The summed E-state index contributed by atoms with van der Waals surface area (Å²) in [4.78, 5) is 13.8. The fourth-order valence-electron chi connectivity index (χ4n) is 3.22. The van der Waals surface area contributed by atoms with Gasteiger partial charge >= 0.3 is 5.97 Å². The van der Waals surface area contributed by atoms with Gasteiger partial charge in [0.2, 0.25) is 0 Å². The number of carbonyl (C=O) groups excluding carboxylic acids is 1. The van der Waals surface area contributed by atoms with E-state index in [1.165, 1.54) is 12.1 Å². The molecule has 0 saturated carbocycles. The molecule has 0 spiro atoms. The molecule has 0 aromatic heterocycles. The minimum Gasteiger partial charge on any atom is -0.462 e. The SMILES string of the molecule is CCOC(=O)c1ccc(NC(=S)N(Cc2cccc(F)c2)CC2CCCO2)cc1. The van der Waals surface area contributed by atoms with Gasteiger partial charge in [-0.3, -0.25) is 0 Å². The molecule has 1 N–H and O–H groups in total. The number of hydrogen-bond donors (Lipinski definition) is 1. The van der Waals surface area contributed by atoms with E-state index in [9.17, 15) is 9.18 Å². The number of ether oxygens (including phenoxy) is 2. The molecule has 3 rings (SSSR count). The van der Waals surface area contributed by atoms with Gasteiger partial charge in [-0.1, -0.05) is 12.1 Å². The lowest BCUT2D eigenvalue weighted by molar-refractivity contribution is 0.0526. The van der Waals surface area contributed by atoms with Crippen LogP contribution in [0.1, 0.15) is 35.7 Å². The van der Waals surface area contributed by atoms with Crippen molar-refractivity contribution in [3.05, 3.63) is 65.5 Å². The quantitative estimate of drug-likeness (QED) is 0.534. The van der Waals surface area contributed by atoms with E-state index in [2.05, 4.69) is 5.32 Å². The topological polar surface area (TPSA) is 50.8 Å². The summed E-state index contributed by atoms with van der Waals surface area (Å²) in [5, 5.41) is 3.73. The number of benzene rings is 2. The molecule has 7 heteroatoms. The lowest BCUT2D eigenvalue weighted by atomic mass is 10.2. The lowest BCUT2D eigenvalue weighted by Crippen LogP contribution is -2.39. The number of hydrogen-bond acceptors (Lipinski definition) is 4. The third-order valence-corrected chi connectivity index (χ3v) is 5.01. The highest BCUT2D eigenvalue weighted by atomic mass is 32.1. The molecule has 1 heterocycles. The van der Waals surface area contributed by atoms with Crippen molar-refractivity contribution >= 4 is 29.0 Å². The molecule has 1 aliphatic rings. The molecule has 2 aromatic rings. The van der Waals surface area contributed by atoms with Crippen LogP contribution in [-0.2, 0) is 16.0 Å². The summed E-state index contributed by atoms with van der Waals surface area (Å²) in [7, 11) is 0. The number of anilines is 1. The standard InChI is InChI=1S/C22H25FN2O3S/c1-2-27-21(26)17-8-10-19(11-9-17)24-22(29)25(15-20-7-4-12-28-20)14-16-5-3-6-18(23)13-16/h3,5-6,8-11,13,20H,2,4,7,12,14-15H2,1H3,(H,24,29). The lowest BCUT2D eigenvalue weighted by Gasteiger charge is -2.28. The Morgan fingerprint density at radius 2 is 2.10 bits per heavy atom. The summed E-state index contributed by atoms with van der Waals surface area (Å²) in [5.41, 5.74) is 2.09. The minimum atomic E-state index is -0.354. The van der Waals surface area contributed by atoms with Crippen molar-refractivity contribution in [2.45, 2.75) is 32.4 Å². The van der Waals surface area contributed by atoms with Crippen molar-refractivity contribution in [3.8, 4) is 0 Å². The normalized spacial score (nSPS) is 15.7. The molecule has 0 aliphatic carbocycles. The third-order valence-electron chi connectivity index (χ3n) is 4.64. The highest BCUT2D eigenvalue weighted by Gasteiger charge is 2.21. The molecule has 5 nitrogen and oxygen atoms in total. The van der Waals surface area contributed by atoms with Crippen LogP contribution in [-0.4, -0.2) is 41.8 Å². The molecule has 1 aliphatic heterocycles. The number of thiocarbonyl (C=S) groups is 1. The first-order chi connectivity index (χ1) is 14.0. The highest BCUT2D eigenvalue weighted by Crippen LogP contribution is 2.18. The van der Waals surface area contributed by atoms with Gasteiger partial charge in [-0.05, 0) is 73.9 Å². The molecule has 1 fully saturated rings. The predicted molar refractivity (Wildman–Crippen MR) is 114 cm³/mol. The Kier molecular flexibility index (Phi) is 7.55. The van der Waals surface area contributed by atoms with E-state index in [4.69, 9.17) is 21.7 Å². The zero-order chi connectivity index (χ0) is 20.6. The molecule has 0 amide bonds. The van der Waals surface area contributed by atoms with Crippen LogP contribution in [0.4, 0.5) is 10.1 Å². The average molecular weight is 417 g/mol.